The molecule has 158 valence electrons. The van der Waals surface area contributed by atoms with Crippen molar-refractivity contribution in [2.24, 2.45) is 11.8 Å². The predicted octanol–water partition coefficient (Wildman–Crippen LogP) is 2.41. The highest BCUT2D eigenvalue weighted by molar-refractivity contribution is 5.97. The molecule has 1 aliphatic carbocycles. The Morgan fingerprint density at radius 2 is 2.21 bits per heavy atom. The molecule has 6 heteroatoms. The number of hydrogen-bond donors (Lipinski definition) is 1. The minimum atomic E-state index is -0.272. The molecular weight excluding hydrogens is 366 g/mol. The van der Waals surface area contributed by atoms with Crippen molar-refractivity contribution in [2.75, 3.05) is 33.3 Å². The summed E-state index contributed by atoms with van der Waals surface area (Å²) >= 11 is 0. The molecule has 1 saturated carbocycles. The zero-order chi connectivity index (χ0) is 21.0. The third-order valence-corrected chi connectivity index (χ3v) is 5.62. The van der Waals surface area contributed by atoms with E-state index in [1.54, 1.807) is 17.2 Å². The molecule has 0 bridgehead atoms. The van der Waals surface area contributed by atoms with Crippen molar-refractivity contribution in [3.05, 3.63) is 23.4 Å². The Kier molecular flexibility index (Phi) is 7.15. The fraction of sp³-hybridized carbons (Fsp3) is 0.652. The Morgan fingerprint density at radius 1 is 1.45 bits per heavy atom. The zero-order valence-electron chi connectivity index (χ0n) is 18.0. The van der Waals surface area contributed by atoms with Crippen LogP contribution in [0.3, 0.4) is 0 Å². The van der Waals surface area contributed by atoms with Crippen LogP contribution >= 0.6 is 0 Å². The van der Waals surface area contributed by atoms with Gasteiger partial charge >= 0.3 is 0 Å². The molecule has 0 radical (unpaired) electrons. The summed E-state index contributed by atoms with van der Waals surface area (Å²) in [4.78, 5) is 21.8. The van der Waals surface area contributed by atoms with Gasteiger partial charge in [0.1, 0.15) is 11.7 Å². The van der Waals surface area contributed by atoms with Gasteiger partial charge in [0.2, 0.25) is 5.88 Å². The summed E-state index contributed by atoms with van der Waals surface area (Å²) in [6.45, 7) is 8.31. The van der Waals surface area contributed by atoms with Gasteiger partial charge in [-0.05, 0) is 45.8 Å². The van der Waals surface area contributed by atoms with Crippen LogP contribution in [0.1, 0.15) is 56.0 Å². The second-order valence-electron chi connectivity index (χ2n) is 8.51. The Hall–Kier alpha value is -2.10. The molecule has 1 aromatic rings. The molecule has 0 saturated heterocycles. The van der Waals surface area contributed by atoms with Crippen LogP contribution in [0.2, 0.25) is 0 Å². The Balaban J connectivity index is 1.94. The molecule has 29 heavy (non-hydrogen) atoms. The Labute approximate surface area is 174 Å². The van der Waals surface area contributed by atoms with Gasteiger partial charge in [-0.15, -0.1) is 0 Å². The number of hydrogen-bond acceptors (Lipinski definition) is 5. The second kappa shape index (κ2) is 9.60. The summed E-state index contributed by atoms with van der Waals surface area (Å²) in [5.41, 5.74) is 1.17. The minimum absolute atomic E-state index is 0.0797. The van der Waals surface area contributed by atoms with Crippen LogP contribution < -0.4 is 4.74 Å². The van der Waals surface area contributed by atoms with Gasteiger partial charge < -0.3 is 19.6 Å². The van der Waals surface area contributed by atoms with E-state index in [4.69, 9.17) is 4.74 Å². The molecule has 2 heterocycles. The molecule has 1 aliphatic heterocycles. The molecular formula is C23H33N3O3. The third kappa shape index (κ3) is 5.49. The van der Waals surface area contributed by atoms with Gasteiger partial charge in [-0.2, -0.15) is 0 Å². The molecule has 1 aromatic heterocycles. The van der Waals surface area contributed by atoms with Crippen LogP contribution in [0.5, 0.6) is 5.88 Å². The van der Waals surface area contributed by atoms with Crippen molar-refractivity contribution in [1.82, 2.24) is 14.8 Å². The standard InChI is InChI=1S/C23H33N3O3/c1-5-10-25(4)14-21-16(2)13-26(17(3)15-27)23(28)20-11-19(9-8-18-6-7-18)12-24-22(20)29-21/h11-12,16-18,21,27H,5-7,10,13-15H2,1-4H3/t16-,17-,21-/m0/s1. The number of aliphatic hydroxyl groups excluding tert-OH is 1. The highest BCUT2D eigenvalue weighted by Gasteiger charge is 2.34. The molecule has 0 spiro atoms. The molecule has 6 nitrogen and oxygen atoms in total. The van der Waals surface area contributed by atoms with Gasteiger partial charge in [-0.25, -0.2) is 4.98 Å². The maximum atomic E-state index is 13.3. The lowest BCUT2D eigenvalue weighted by Gasteiger charge is -2.37. The first-order chi connectivity index (χ1) is 13.9. The van der Waals surface area contributed by atoms with E-state index < -0.39 is 0 Å². The fourth-order valence-corrected chi connectivity index (χ4v) is 3.58. The molecule has 1 N–H and O–H groups in total. The molecule has 0 aromatic carbocycles. The number of amides is 1. The highest BCUT2D eigenvalue weighted by atomic mass is 16.5. The van der Waals surface area contributed by atoms with Gasteiger partial charge in [0, 0.05) is 36.7 Å². The van der Waals surface area contributed by atoms with E-state index in [-0.39, 0.29) is 30.6 Å². The minimum Gasteiger partial charge on any atom is -0.472 e. The molecule has 0 unspecified atom stereocenters. The Morgan fingerprint density at radius 3 is 2.86 bits per heavy atom. The number of rotatable bonds is 6. The summed E-state index contributed by atoms with van der Waals surface area (Å²) in [5.74, 6) is 7.16. The number of carbonyl (C=O) groups is 1. The van der Waals surface area contributed by atoms with Crippen LogP contribution in [0.15, 0.2) is 12.3 Å². The van der Waals surface area contributed by atoms with E-state index in [0.717, 1.165) is 37.9 Å². The predicted molar refractivity (Wildman–Crippen MR) is 113 cm³/mol. The number of pyridine rings is 1. The second-order valence-corrected chi connectivity index (χ2v) is 8.51. The van der Waals surface area contributed by atoms with Crippen molar-refractivity contribution in [3.63, 3.8) is 0 Å². The normalized spacial score (nSPS) is 22.8. The molecule has 2 aliphatic rings. The van der Waals surface area contributed by atoms with Crippen LogP contribution in [-0.4, -0.2) is 71.2 Å². The molecule has 3 atom stereocenters. The third-order valence-electron chi connectivity index (χ3n) is 5.62. The largest absolute Gasteiger partial charge is 0.472 e. The van der Waals surface area contributed by atoms with Gasteiger partial charge in [-0.3, -0.25) is 4.79 Å². The summed E-state index contributed by atoms with van der Waals surface area (Å²) in [7, 11) is 2.09. The van der Waals surface area contributed by atoms with Crippen LogP contribution in [0.25, 0.3) is 0 Å². The number of ether oxygens (including phenoxy) is 1. The molecule has 1 amide bonds. The zero-order valence-corrected chi connectivity index (χ0v) is 18.0. The van der Waals surface area contributed by atoms with Crippen LogP contribution in [0, 0.1) is 23.7 Å². The average Bonchev–Trinajstić information content (AvgIpc) is 3.53. The van der Waals surface area contributed by atoms with Gasteiger partial charge in [0.15, 0.2) is 0 Å². The quantitative estimate of drug-likeness (QED) is 0.744. The van der Waals surface area contributed by atoms with E-state index in [9.17, 15) is 9.90 Å². The van der Waals surface area contributed by atoms with E-state index >= 15 is 0 Å². The van der Waals surface area contributed by atoms with E-state index in [2.05, 4.69) is 42.6 Å². The maximum Gasteiger partial charge on any atom is 0.259 e. The van der Waals surface area contributed by atoms with Gasteiger partial charge in [0.25, 0.3) is 5.91 Å². The van der Waals surface area contributed by atoms with Crippen molar-refractivity contribution >= 4 is 5.91 Å². The SMILES string of the molecule is CCCN(C)C[C@@H]1Oc2ncc(C#CC3CC3)cc2C(=O)N([C@@H](C)CO)C[C@@H]1C. The van der Waals surface area contributed by atoms with E-state index in [1.807, 2.05) is 6.92 Å². The summed E-state index contributed by atoms with van der Waals surface area (Å²) in [6.07, 6.45) is 4.98. The topological polar surface area (TPSA) is 65.9 Å². The van der Waals surface area contributed by atoms with Gasteiger partial charge in [-0.1, -0.05) is 25.7 Å². The smallest absolute Gasteiger partial charge is 0.259 e. The van der Waals surface area contributed by atoms with Crippen molar-refractivity contribution < 1.29 is 14.6 Å². The molecule has 1 fully saturated rings. The highest BCUT2D eigenvalue weighted by Crippen LogP contribution is 2.29. The number of aromatic nitrogens is 1. The van der Waals surface area contributed by atoms with Crippen LogP contribution in [0.4, 0.5) is 0 Å². The number of fused-ring (bicyclic) bond motifs is 1. The fourth-order valence-electron chi connectivity index (χ4n) is 3.58. The number of likely N-dealkylation sites (N-methyl/N-ethyl adjacent to an activating group) is 1. The number of nitrogens with zero attached hydrogens (tertiary/aromatic N) is 3. The summed E-state index contributed by atoms with van der Waals surface area (Å²) < 4.78 is 6.28. The van der Waals surface area contributed by atoms with Crippen LogP contribution in [-0.2, 0) is 0 Å². The average molecular weight is 400 g/mol. The summed E-state index contributed by atoms with van der Waals surface area (Å²) in [5, 5.41) is 9.72. The maximum absolute atomic E-state index is 13.3. The lowest BCUT2D eigenvalue weighted by atomic mass is 10.00. The van der Waals surface area contributed by atoms with Crippen molar-refractivity contribution in [2.45, 2.75) is 52.2 Å². The lowest BCUT2D eigenvalue weighted by molar-refractivity contribution is 0.0331. The van der Waals surface area contributed by atoms with Gasteiger partial charge in [0.05, 0.1) is 12.6 Å². The first-order valence-electron chi connectivity index (χ1n) is 10.7. The lowest BCUT2D eigenvalue weighted by Crippen LogP contribution is -2.50. The van der Waals surface area contributed by atoms with Crippen molar-refractivity contribution in [3.8, 4) is 17.7 Å². The van der Waals surface area contributed by atoms with E-state index in [1.165, 1.54) is 0 Å². The number of carbonyl (C=O) groups excluding carboxylic acids is 1. The Bertz CT molecular complexity index is 781. The first-order valence-corrected chi connectivity index (χ1v) is 10.7. The first kappa shape index (κ1) is 21.6. The van der Waals surface area contributed by atoms with Crippen molar-refractivity contribution in [1.29, 1.82) is 0 Å². The molecule has 3 rings (SSSR count). The summed E-state index contributed by atoms with van der Waals surface area (Å²) in [6, 6.07) is 1.52. The van der Waals surface area contributed by atoms with E-state index in [0.29, 0.717) is 23.9 Å². The number of aliphatic hydroxyl groups is 1. The monoisotopic (exact) mass is 399 g/mol.